The molecule has 7 heteroatoms. The molecule has 0 aliphatic carbocycles. The molecule has 0 bridgehead atoms. The van der Waals surface area contributed by atoms with Gasteiger partial charge in [0, 0.05) is 24.2 Å². The number of fused-ring (bicyclic) bond motifs is 1. The maximum Gasteiger partial charge on any atom is 0.356 e. The Morgan fingerprint density at radius 1 is 1.03 bits per heavy atom. The van der Waals surface area contributed by atoms with Crippen molar-refractivity contribution in [2.45, 2.75) is 26.4 Å². The van der Waals surface area contributed by atoms with Crippen molar-refractivity contribution in [1.29, 1.82) is 0 Å². The van der Waals surface area contributed by atoms with E-state index in [1.54, 1.807) is 31.3 Å². The number of carbonyl (C=O) groups excluding carboxylic acids is 2. The standard InChI is InChI=1S/C27H25N3O4/c1-4-21(25(31)29-22-16-17(2)14-15-28-22)34-27(33)24-23(18-10-6-5-7-11-18)19-12-8-9-13-20(19)26(32)30(24)3/h5-16,21H,4H2,1-3H3,(H,28,29,31). The summed E-state index contributed by atoms with van der Waals surface area (Å²) in [7, 11) is 1.54. The van der Waals surface area contributed by atoms with Gasteiger partial charge in [0.05, 0.1) is 0 Å². The predicted molar refractivity (Wildman–Crippen MR) is 132 cm³/mol. The predicted octanol–water partition coefficient (Wildman–Crippen LogP) is 4.48. The fourth-order valence-electron chi connectivity index (χ4n) is 3.92. The van der Waals surface area contributed by atoms with Crippen LogP contribution < -0.4 is 10.9 Å². The Morgan fingerprint density at radius 3 is 2.38 bits per heavy atom. The average molecular weight is 456 g/mol. The van der Waals surface area contributed by atoms with Crippen molar-refractivity contribution in [2.75, 3.05) is 5.32 Å². The third kappa shape index (κ3) is 4.45. The number of aryl methyl sites for hydroxylation is 1. The summed E-state index contributed by atoms with van der Waals surface area (Å²) in [6.07, 6.45) is 0.792. The highest BCUT2D eigenvalue weighted by molar-refractivity contribution is 6.07. The van der Waals surface area contributed by atoms with Gasteiger partial charge in [-0.25, -0.2) is 9.78 Å². The average Bonchev–Trinajstić information content (AvgIpc) is 2.85. The number of nitrogens with zero attached hydrogens (tertiary/aromatic N) is 2. The van der Waals surface area contributed by atoms with Crippen molar-refractivity contribution >= 4 is 28.5 Å². The summed E-state index contributed by atoms with van der Waals surface area (Å²) in [5.74, 6) is -0.855. The van der Waals surface area contributed by atoms with Crippen LogP contribution in [-0.4, -0.2) is 27.5 Å². The van der Waals surface area contributed by atoms with Gasteiger partial charge in [0.2, 0.25) is 0 Å². The Morgan fingerprint density at radius 2 is 1.71 bits per heavy atom. The Kier molecular flexibility index (Phi) is 6.54. The van der Waals surface area contributed by atoms with Crippen LogP contribution >= 0.6 is 0 Å². The van der Waals surface area contributed by atoms with Gasteiger partial charge in [0.25, 0.3) is 11.5 Å². The maximum atomic E-state index is 13.5. The van der Waals surface area contributed by atoms with E-state index < -0.39 is 18.0 Å². The highest BCUT2D eigenvalue weighted by Crippen LogP contribution is 2.31. The number of benzene rings is 2. The lowest BCUT2D eigenvalue weighted by molar-refractivity contribution is -0.124. The summed E-state index contributed by atoms with van der Waals surface area (Å²) in [6, 6.07) is 20.0. The van der Waals surface area contributed by atoms with E-state index in [-0.39, 0.29) is 17.7 Å². The SMILES string of the molecule is CCC(OC(=O)c1c(-c2ccccc2)c2ccccc2c(=O)n1C)C(=O)Nc1cc(C)ccn1. The molecule has 4 rings (SSSR count). The number of rotatable bonds is 6. The molecular weight excluding hydrogens is 430 g/mol. The van der Waals surface area contributed by atoms with Crippen molar-refractivity contribution in [3.05, 3.63) is 94.5 Å². The number of hydrogen-bond acceptors (Lipinski definition) is 5. The van der Waals surface area contributed by atoms with Gasteiger partial charge < -0.3 is 14.6 Å². The third-order valence-electron chi connectivity index (χ3n) is 5.64. The first kappa shape index (κ1) is 22.9. The van der Waals surface area contributed by atoms with E-state index in [0.29, 0.717) is 22.2 Å². The lowest BCUT2D eigenvalue weighted by Crippen LogP contribution is -2.34. The fourth-order valence-corrected chi connectivity index (χ4v) is 3.92. The van der Waals surface area contributed by atoms with Crippen LogP contribution in [0.15, 0.2) is 77.7 Å². The lowest BCUT2D eigenvalue weighted by atomic mass is 9.97. The van der Waals surface area contributed by atoms with Gasteiger partial charge in [-0.05, 0) is 48.1 Å². The monoisotopic (exact) mass is 455 g/mol. The van der Waals surface area contributed by atoms with Gasteiger partial charge in [-0.3, -0.25) is 9.59 Å². The minimum atomic E-state index is -1.06. The van der Waals surface area contributed by atoms with E-state index in [2.05, 4.69) is 10.3 Å². The second-order valence-electron chi connectivity index (χ2n) is 8.01. The number of hydrogen-bond donors (Lipinski definition) is 1. The topological polar surface area (TPSA) is 90.3 Å². The zero-order valence-corrected chi connectivity index (χ0v) is 19.2. The molecule has 1 atom stereocenters. The summed E-state index contributed by atoms with van der Waals surface area (Å²) in [5.41, 5.74) is 2.06. The maximum absolute atomic E-state index is 13.5. The molecule has 1 unspecified atom stereocenters. The highest BCUT2D eigenvalue weighted by atomic mass is 16.5. The molecule has 0 aliphatic heterocycles. The van der Waals surface area contributed by atoms with Gasteiger partial charge in [0.1, 0.15) is 11.5 Å². The molecule has 2 aromatic carbocycles. The molecular formula is C27H25N3O4. The second kappa shape index (κ2) is 9.70. The molecule has 0 saturated carbocycles. The van der Waals surface area contributed by atoms with Crippen LogP contribution in [0.25, 0.3) is 21.9 Å². The van der Waals surface area contributed by atoms with Crippen LogP contribution in [0, 0.1) is 6.92 Å². The van der Waals surface area contributed by atoms with Crippen LogP contribution in [0.5, 0.6) is 0 Å². The minimum Gasteiger partial charge on any atom is -0.448 e. The van der Waals surface area contributed by atoms with E-state index in [9.17, 15) is 14.4 Å². The summed E-state index contributed by atoms with van der Waals surface area (Å²) in [6.45, 7) is 3.64. The number of nitrogens with one attached hydrogen (secondary N) is 1. The molecule has 172 valence electrons. The molecule has 1 N–H and O–H groups in total. The van der Waals surface area contributed by atoms with E-state index >= 15 is 0 Å². The Bertz CT molecular complexity index is 1430. The second-order valence-corrected chi connectivity index (χ2v) is 8.01. The Labute approximate surface area is 197 Å². The first-order valence-electron chi connectivity index (χ1n) is 11.0. The molecule has 1 amide bonds. The van der Waals surface area contributed by atoms with Crippen LogP contribution in [0.2, 0.25) is 0 Å². The lowest BCUT2D eigenvalue weighted by Gasteiger charge is -2.20. The smallest absolute Gasteiger partial charge is 0.356 e. The third-order valence-corrected chi connectivity index (χ3v) is 5.64. The largest absolute Gasteiger partial charge is 0.448 e. The molecule has 7 nitrogen and oxygen atoms in total. The molecule has 2 aromatic heterocycles. The van der Waals surface area contributed by atoms with Crippen molar-refractivity contribution in [1.82, 2.24) is 9.55 Å². The molecule has 0 radical (unpaired) electrons. The number of aromatic nitrogens is 2. The van der Waals surface area contributed by atoms with Crippen molar-refractivity contribution < 1.29 is 14.3 Å². The van der Waals surface area contributed by atoms with E-state index in [4.69, 9.17) is 4.74 Å². The summed E-state index contributed by atoms with van der Waals surface area (Å²) in [5, 5.41) is 3.84. The van der Waals surface area contributed by atoms with Gasteiger partial charge in [-0.2, -0.15) is 0 Å². The van der Waals surface area contributed by atoms with Crippen LogP contribution in [0.3, 0.4) is 0 Å². The molecule has 0 aliphatic rings. The molecule has 0 fully saturated rings. The molecule has 34 heavy (non-hydrogen) atoms. The van der Waals surface area contributed by atoms with Crippen LogP contribution in [0.4, 0.5) is 5.82 Å². The van der Waals surface area contributed by atoms with Gasteiger partial charge in [-0.1, -0.05) is 55.5 Å². The molecule has 0 saturated heterocycles. The van der Waals surface area contributed by atoms with Crippen molar-refractivity contribution in [3.8, 4) is 11.1 Å². The van der Waals surface area contributed by atoms with Gasteiger partial charge in [-0.15, -0.1) is 0 Å². The first-order chi connectivity index (χ1) is 16.4. The van der Waals surface area contributed by atoms with E-state index in [1.165, 1.54) is 11.6 Å². The van der Waals surface area contributed by atoms with E-state index in [1.807, 2.05) is 55.5 Å². The van der Waals surface area contributed by atoms with Crippen molar-refractivity contribution in [3.63, 3.8) is 0 Å². The Balaban J connectivity index is 1.75. The normalized spacial score (nSPS) is 11.7. The summed E-state index contributed by atoms with van der Waals surface area (Å²) in [4.78, 5) is 43.5. The minimum absolute atomic E-state index is 0.0924. The highest BCUT2D eigenvalue weighted by Gasteiger charge is 2.28. The number of anilines is 1. The molecule has 4 aromatic rings. The number of carbonyl (C=O) groups is 2. The van der Waals surface area contributed by atoms with Gasteiger partial charge >= 0.3 is 5.97 Å². The quantitative estimate of drug-likeness (QED) is 0.433. The fraction of sp³-hybridized carbons (Fsp3) is 0.185. The Hall–Kier alpha value is -4.26. The summed E-state index contributed by atoms with van der Waals surface area (Å²) < 4.78 is 6.95. The molecule has 0 spiro atoms. The zero-order valence-electron chi connectivity index (χ0n) is 19.2. The number of ether oxygens (including phenoxy) is 1. The first-order valence-corrected chi connectivity index (χ1v) is 11.0. The zero-order chi connectivity index (χ0) is 24.2. The number of amides is 1. The van der Waals surface area contributed by atoms with Crippen molar-refractivity contribution in [2.24, 2.45) is 7.05 Å². The van der Waals surface area contributed by atoms with Gasteiger partial charge in [0.15, 0.2) is 6.10 Å². The number of pyridine rings is 2. The number of esters is 1. The molecule has 2 heterocycles. The summed E-state index contributed by atoms with van der Waals surface area (Å²) >= 11 is 0. The van der Waals surface area contributed by atoms with Crippen LogP contribution in [-0.2, 0) is 16.6 Å². The van der Waals surface area contributed by atoms with Crippen LogP contribution in [0.1, 0.15) is 29.4 Å². The van der Waals surface area contributed by atoms with E-state index in [0.717, 1.165) is 11.1 Å².